The Labute approximate surface area is 87.4 Å². The van der Waals surface area contributed by atoms with Gasteiger partial charge in [0.2, 0.25) is 11.5 Å². The van der Waals surface area contributed by atoms with Crippen LogP contribution in [0.3, 0.4) is 0 Å². The third-order valence-electron chi connectivity index (χ3n) is 1.52. The van der Waals surface area contributed by atoms with Gasteiger partial charge in [0, 0.05) is 5.69 Å². The van der Waals surface area contributed by atoms with Crippen molar-refractivity contribution in [1.29, 1.82) is 0 Å². The van der Waals surface area contributed by atoms with E-state index in [-0.39, 0.29) is 5.11 Å². The monoisotopic (exact) mass is 210 g/mol. The number of nitrogens with zero attached hydrogens (tertiary/aromatic N) is 1. The Bertz CT molecular complexity index is 316. The molecule has 14 heavy (non-hydrogen) atoms. The summed E-state index contributed by atoms with van der Waals surface area (Å²) in [6.07, 6.45) is 0.498. The van der Waals surface area contributed by atoms with Crippen LogP contribution in [0.1, 0.15) is 0 Å². The molecule has 5 heteroatoms. The molecule has 4 nitrogen and oxygen atoms in total. The van der Waals surface area contributed by atoms with Gasteiger partial charge in [-0.05, 0) is 24.4 Å². The first-order valence-corrected chi connectivity index (χ1v) is 4.33. The van der Waals surface area contributed by atoms with Crippen LogP contribution in [0, 0.1) is 0 Å². The van der Waals surface area contributed by atoms with Crippen LogP contribution >= 0.6 is 12.2 Å². The van der Waals surface area contributed by atoms with Crippen molar-refractivity contribution in [3.05, 3.63) is 30.3 Å². The minimum absolute atomic E-state index is 0.203. The van der Waals surface area contributed by atoms with E-state index < -0.39 is 0 Å². The van der Waals surface area contributed by atoms with Gasteiger partial charge in [0.05, 0.1) is 7.11 Å². The minimum Gasteiger partial charge on any atom is -0.330 e. The smallest absolute Gasteiger partial charge is 0.240 e. The molecule has 0 unspecified atom stereocenters. The number of amides is 1. The van der Waals surface area contributed by atoms with Gasteiger partial charge in [0.1, 0.15) is 0 Å². The van der Waals surface area contributed by atoms with E-state index in [2.05, 4.69) is 5.32 Å². The van der Waals surface area contributed by atoms with E-state index in [1.54, 1.807) is 0 Å². The predicted molar refractivity (Wildman–Crippen MR) is 57.6 cm³/mol. The normalized spacial score (nSPS) is 9.21. The molecule has 0 aliphatic heterocycles. The third-order valence-corrected chi connectivity index (χ3v) is 1.80. The van der Waals surface area contributed by atoms with Crippen LogP contribution in [0.2, 0.25) is 0 Å². The molecule has 0 aliphatic rings. The largest absolute Gasteiger partial charge is 0.330 e. The van der Waals surface area contributed by atoms with E-state index in [0.29, 0.717) is 6.41 Å². The molecule has 1 N–H and O–H groups in total. The Morgan fingerprint density at radius 1 is 1.50 bits per heavy atom. The molecule has 74 valence electrons. The lowest BCUT2D eigenvalue weighted by atomic mass is 10.3. The fourth-order valence-electron chi connectivity index (χ4n) is 0.874. The van der Waals surface area contributed by atoms with E-state index in [9.17, 15) is 4.79 Å². The number of hydrogen-bond acceptors (Lipinski definition) is 3. The minimum atomic E-state index is 0.203. The summed E-state index contributed by atoms with van der Waals surface area (Å²) < 4.78 is 0. The van der Waals surface area contributed by atoms with Crippen molar-refractivity contribution in [2.45, 2.75) is 0 Å². The van der Waals surface area contributed by atoms with Gasteiger partial charge in [-0.25, -0.2) is 0 Å². The van der Waals surface area contributed by atoms with Crippen molar-refractivity contribution in [1.82, 2.24) is 5.06 Å². The maximum atomic E-state index is 10.4. The van der Waals surface area contributed by atoms with Gasteiger partial charge in [0.15, 0.2) is 0 Å². The molecule has 0 saturated carbocycles. The Balaban J connectivity index is 2.61. The van der Waals surface area contributed by atoms with Crippen LogP contribution in [-0.4, -0.2) is 23.7 Å². The first-order valence-electron chi connectivity index (χ1n) is 3.92. The highest BCUT2D eigenvalue weighted by atomic mass is 32.1. The van der Waals surface area contributed by atoms with E-state index in [1.165, 1.54) is 7.11 Å². The fourth-order valence-corrected chi connectivity index (χ4v) is 1.11. The first-order chi connectivity index (χ1) is 6.77. The van der Waals surface area contributed by atoms with Gasteiger partial charge in [-0.3, -0.25) is 9.63 Å². The van der Waals surface area contributed by atoms with Crippen LogP contribution in [-0.2, 0) is 9.63 Å². The Morgan fingerprint density at radius 3 is 2.64 bits per heavy atom. The second-order valence-electron chi connectivity index (χ2n) is 2.41. The van der Waals surface area contributed by atoms with Gasteiger partial charge in [0.25, 0.3) is 0 Å². The molecule has 1 aromatic rings. The van der Waals surface area contributed by atoms with Crippen molar-refractivity contribution in [3.63, 3.8) is 0 Å². The zero-order chi connectivity index (χ0) is 10.4. The number of para-hydroxylation sites is 1. The number of carbonyl (C=O) groups is 1. The second-order valence-corrected chi connectivity index (χ2v) is 2.80. The van der Waals surface area contributed by atoms with Crippen molar-refractivity contribution < 1.29 is 9.63 Å². The number of hydroxylamine groups is 2. The quantitative estimate of drug-likeness (QED) is 0.465. The van der Waals surface area contributed by atoms with Crippen LogP contribution < -0.4 is 5.32 Å². The van der Waals surface area contributed by atoms with Gasteiger partial charge in [-0.2, -0.15) is 5.06 Å². The first kappa shape index (κ1) is 10.6. The summed E-state index contributed by atoms with van der Waals surface area (Å²) in [5.74, 6) is 0. The molecule has 0 fully saturated rings. The zero-order valence-corrected chi connectivity index (χ0v) is 8.45. The number of thiocarbonyl (C=S) groups is 1. The second kappa shape index (κ2) is 5.31. The van der Waals surface area contributed by atoms with Gasteiger partial charge >= 0.3 is 0 Å². The number of benzene rings is 1. The number of hydrogen-bond donors (Lipinski definition) is 1. The van der Waals surface area contributed by atoms with Gasteiger partial charge in [-0.15, -0.1) is 0 Å². The van der Waals surface area contributed by atoms with Crippen LogP contribution in [0.25, 0.3) is 0 Å². The molecule has 0 spiro atoms. The maximum Gasteiger partial charge on any atom is 0.240 e. The molecule has 1 amide bonds. The van der Waals surface area contributed by atoms with Crippen molar-refractivity contribution in [3.8, 4) is 0 Å². The summed E-state index contributed by atoms with van der Waals surface area (Å²) in [7, 11) is 1.37. The van der Waals surface area contributed by atoms with Crippen LogP contribution in [0.15, 0.2) is 30.3 Å². The van der Waals surface area contributed by atoms with E-state index in [4.69, 9.17) is 17.1 Å². The molecule has 0 radical (unpaired) electrons. The number of rotatable bonds is 3. The summed E-state index contributed by atoms with van der Waals surface area (Å²) in [6, 6.07) is 9.30. The lowest BCUT2D eigenvalue weighted by Crippen LogP contribution is -2.32. The molecule has 0 aliphatic carbocycles. The maximum absolute atomic E-state index is 10.4. The topological polar surface area (TPSA) is 41.6 Å². The molecule has 0 aromatic heterocycles. The number of nitrogens with one attached hydrogen (secondary N) is 1. The highest BCUT2D eigenvalue weighted by Crippen LogP contribution is 2.05. The van der Waals surface area contributed by atoms with Crippen molar-refractivity contribution >= 4 is 29.4 Å². The van der Waals surface area contributed by atoms with E-state index in [0.717, 1.165) is 10.8 Å². The molecule has 1 aromatic carbocycles. The summed E-state index contributed by atoms with van der Waals surface area (Å²) in [5, 5.41) is 3.98. The Hall–Kier alpha value is -1.46. The molecular formula is C9H10N2O2S. The molecule has 1 rings (SSSR count). The van der Waals surface area contributed by atoms with Crippen molar-refractivity contribution in [2.75, 3.05) is 12.4 Å². The molecule has 0 heterocycles. The molecule has 0 atom stereocenters. The highest BCUT2D eigenvalue weighted by molar-refractivity contribution is 7.80. The number of anilines is 1. The molecule has 0 saturated heterocycles. The summed E-state index contributed by atoms with van der Waals surface area (Å²) in [4.78, 5) is 15.1. The summed E-state index contributed by atoms with van der Waals surface area (Å²) >= 11 is 4.91. The summed E-state index contributed by atoms with van der Waals surface area (Å²) in [6.45, 7) is 0. The third kappa shape index (κ3) is 2.79. The average Bonchev–Trinajstić information content (AvgIpc) is 2.21. The standard InChI is InChI=1S/C9H10N2O2S/c1-13-11(7-12)9(14)10-8-5-3-2-4-6-8/h2-7H,1H3,(H,10,14). The summed E-state index contributed by atoms with van der Waals surface area (Å²) in [5.41, 5.74) is 0.807. The lowest BCUT2D eigenvalue weighted by Gasteiger charge is -2.15. The fraction of sp³-hybridized carbons (Fsp3) is 0.111. The molecular weight excluding hydrogens is 200 g/mol. The Morgan fingerprint density at radius 2 is 2.14 bits per heavy atom. The average molecular weight is 210 g/mol. The highest BCUT2D eigenvalue weighted by Gasteiger charge is 2.06. The van der Waals surface area contributed by atoms with Gasteiger partial charge < -0.3 is 5.32 Å². The van der Waals surface area contributed by atoms with Crippen LogP contribution in [0.4, 0.5) is 5.69 Å². The zero-order valence-electron chi connectivity index (χ0n) is 7.64. The van der Waals surface area contributed by atoms with Crippen LogP contribution in [0.5, 0.6) is 0 Å². The molecule has 0 bridgehead atoms. The SMILES string of the molecule is CON(C=O)C(=S)Nc1ccccc1. The van der Waals surface area contributed by atoms with Crippen molar-refractivity contribution in [2.24, 2.45) is 0 Å². The Kier molecular flexibility index (Phi) is 4.03. The van der Waals surface area contributed by atoms with Gasteiger partial charge in [-0.1, -0.05) is 18.2 Å². The van der Waals surface area contributed by atoms with E-state index in [1.807, 2.05) is 30.3 Å². The predicted octanol–water partition coefficient (Wildman–Crippen LogP) is 1.40. The van der Waals surface area contributed by atoms with E-state index >= 15 is 0 Å². The number of carbonyl (C=O) groups excluding carboxylic acids is 1. The lowest BCUT2D eigenvalue weighted by molar-refractivity contribution is -0.140.